The minimum atomic E-state index is -3.20. The van der Waals surface area contributed by atoms with Crippen molar-refractivity contribution in [3.05, 3.63) is 0 Å². The number of nitrogens with zero attached hydrogens (tertiary/aromatic N) is 1. The van der Waals surface area contributed by atoms with Crippen LogP contribution in [-0.2, 0) is 14.8 Å². The SMILES string of the molecule is CN(C)C(=O)CCCNCC(C)(C)NS(C)(=O)=O. The summed E-state index contributed by atoms with van der Waals surface area (Å²) in [5.41, 5.74) is -0.529. The molecule has 0 radical (unpaired) electrons. The van der Waals surface area contributed by atoms with Crippen LogP contribution in [0.4, 0.5) is 0 Å². The molecule has 18 heavy (non-hydrogen) atoms. The zero-order valence-corrected chi connectivity index (χ0v) is 12.7. The quantitative estimate of drug-likeness (QED) is 0.602. The van der Waals surface area contributed by atoms with Crippen LogP contribution in [0.3, 0.4) is 0 Å². The van der Waals surface area contributed by atoms with Crippen molar-refractivity contribution in [2.24, 2.45) is 0 Å². The lowest BCUT2D eigenvalue weighted by atomic mass is 10.1. The highest BCUT2D eigenvalue weighted by molar-refractivity contribution is 7.88. The Morgan fingerprint density at radius 2 is 1.83 bits per heavy atom. The second kappa shape index (κ2) is 7.06. The lowest BCUT2D eigenvalue weighted by Gasteiger charge is -2.25. The van der Waals surface area contributed by atoms with Gasteiger partial charge >= 0.3 is 0 Å². The lowest BCUT2D eigenvalue weighted by Crippen LogP contribution is -2.50. The topological polar surface area (TPSA) is 78.5 Å². The largest absolute Gasteiger partial charge is 0.349 e. The summed E-state index contributed by atoms with van der Waals surface area (Å²) in [6.45, 7) is 4.84. The Labute approximate surface area is 110 Å². The molecule has 0 unspecified atom stereocenters. The first-order valence-electron chi connectivity index (χ1n) is 5.93. The van der Waals surface area contributed by atoms with E-state index in [1.165, 1.54) is 0 Å². The van der Waals surface area contributed by atoms with E-state index in [4.69, 9.17) is 0 Å². The van der Waals surface area contributed by atoms with Gasteiger partial charge in [-0.1, -0.05) is 0 Å². The van der Waals surface area contributed by atoms with Crippen LogP contribution < -0.4 is 10.0 Å². The van der Waals surface area contributed by atoms with E-state index in [0.717, 1.165) is 12.7 Å². The summed E-state index contributed by atoms with van der Waals surface area (Å²) in [5.74, 6) is 0.102. The molecule has 0 aliphatic carbocycles. The molecule has 0 atom stereocenters. The number of rotatable bonds is 8. The molecular weight excluding hydrogens is 254 g/mol. The molecule has 0 fully saturated rings. The first-order valence-corrected chi connectivity index (χ1v) is 7.82. The van der Waals surface area contributed by atoms with Gasteiger partial charge in [-0.25, -0.2) is 13.1 Å². The van der Waals surface area contributed by atoms with Crippen LogP contribution >= 0.6 is 0 Å². The predicted molar refractivity (Wildman–Crippen MR) is 72.9 cm³/mol. The molecule has 0 aromatic carbocycles. The number of sulfonamides is 1. The van der Waals surface area contributed by atoms with Gasteiger partial charge < -0.3 is 10.2 Å². The number of carbonyl (C=O) groups is 1. The minimum absolute atomic E-state index is 0.102. The standard InChI is InChI=1S/C11H25N3O3S/c1-11(2,13-18(5,16)17)9-12-8-6-7-10(15)14(3)4/h12-13H,6-9H2,1-5H3. The highest BCUT2D eigenvalue weighted by Gasteiger charge is 2.21. The summed E-state index contributed by atoms with van der Waals surface area (Å²) in [7, 11) is 0.262. The maximum absolute atomic E-state index is 11.3. The third-order valence-corrected chi connectivity index (χ3v) is 3.20. The fourth-order valence-corrected chi connectivity index (χ4v) is 2.60. The van der Waals surface area contributed by atoms with Crippen molar-refractivity contribution < 1.29 is 13.2 Å². The minimum Gasteiger partial charge on any atom is -0.349 e. The Kier molecular flexibility index (Phi) is 6.80. The van der Waals surface area contributed by atoms with Gasteiger partial charge in [0, 0.05) is 32.6 Å². The summed E-state index contributed by atoms with van der Waals surface area (Å²) < 4.78 is 24.8. The summed E-state index contributed by atoms with van der Waals surface area (Å²) in [4.78, 5) is 12.9. The van der Waals surface area contributed by atoms with E-state index in [1.54, 1.807) is 19.0 Å². The monoisotopic (exact) mass is 279 g/mol. The lowest BCUT2D eigenvalue weighted by molar-refractivity contribution is -0.128. The third-order valence-electron chi connectivity index (χ3n) is 2.27. The Morgan fingerprint density at radius 1 is 1.28 bits per heavy atom. The second-order valence-electron chi connectivity index (χ2n) is 5.33. The molecule has 0 heterocycles. The fraction of sp³-hybridized carbons (Fsp3) is 0.909. The van der Waals surface area contributed by atoms with Crippen LogP contribution in [0.15, 0.2) is 0 Å². The molecule has 1 amide bonds. The van der Waals surface area contributed by atoms with Crippen LogP contribution in [0, 0.1) is 0 Å². The van der Waals surface area contributed by atoms with Crippen molar-refractivity contribution in [2.75, 3.05) is 33.4 Å². The molecule has 0 saturated heterocycles. The van der Waals surface area contributed by atoms with Crippen LogP contribution in [-0.4, -0.2) is 58.2 Å². The molecule has 0 aromatic rings. The Balaban J connectivity index is 3.81. The molecule has 0 aliphatic rings. The number of amides is 1. The zero-order chi connectivity index (χ0) is 14.4. The molecule has 0 aromatic heterocycles. The molecular formula is C11H25N3O3S. The van der Waals surface area contributed by atoms with E-state index in [0.29, 0.717) is 19.5 Å². The molecule has 0 spiro atoms. The van der Waals surface area contributed by atoms with Gasteiger partial charge in [0.1, 0.15) is 0 Å². The van der Waals surface area contributed by atoms with E-state index in [9.17, 15) is 13.2 Å². The van der Waals surface area contributed by atoms with Gasteiger partial charge in [0.15, 0.2) is 0 Å². The first kappa shape index (κ1) is 17.3. The van der Waals surface area contributed by atoms with Gasteiger partial charge in [0.2, 0.25) is 15.9 Å². The van der Waals surface area contributed by atoms with Gasteiger partial charge in [-0.05, 0) is 26.8 Å². The van der Waals surface area contributed by atoms with Gasteiger partial charge in [-0.3, -0.25) is 4.79 Å². The molecule has 108 valence electrons. The van der Waals surface area contributed by atoms with E-state index in [1.807, 2.05) is 13.8 Å². The highest BCUT2D eigenvalue weighted by Crippen LogP contribution is 2.02. The Morgan fingerprint density at radius 3 is 2.28 bits per heavy atom. The highest BCUT2D eigenvalue weighted by atomic mass is 32.2. The molecule has 6 nitrogen and oxygen atoms in total. The van der Waals surface area contributed by atoms with Crippen molar-refractivity contribution in [3.63, 3.8) is 0 Å². The maximum atomic E-state index is 11.3. The Hall–Kier alpha value is -0.660. The fourth-order valence-electron chi connectivity index (χ4n) is 1.53. The van der Waals surface area contributed by atoms with Gasteiger partial charge in [0.25, 0.3) is 0 Å². The summed E-state index contributed by atoms with van der Waals surface area (Å²) in [5, 5.41) is 3.14. The van der Waals surface area contributed by atoms with Crippen LogP contribution in [0.1, 0.15) is 26.7 Å². The smallest absolute Gasteiger partial charge is 0.222 e. The van der Waals surface area contributed by atoms with Crippen LogP contribution in [0.5, 0.6) is 0 Å². The zero-order valence-electron chi connectivity index (χ0n) is 11.9. The van der Waals surface area contributed by atoms with E-state index in [-0.39, 0.29) is 5.91 Å². The van der Waals surface area contributed by atoms with E-state index in [2.05, 4.69) is 10.0 Å². The van der Waals surface area contributed by atoms with Crippen molar-refractivity contribution in [3.8, 4) is 0 Å². The molecule has 7 heteroatoms. The molecule has 2 N–H and O–H groups in total. The summed E-state index contributed by atoms with van der Waals surface area (Å²) in [6, 6.07) is 0. The van der Waals surface area contributed by atoms with Crippen molar-refractivity contribution in [1.82, 2.24) is 14.9 Å². The number of carbonyl (C=O) groups excluding carboxylic acids is 1. The summed E-state index contributed by atoms with van der Waals surface area (Å²) >= 11 is 0. The Bertz CT molecular complexity index is 364. The summed E-state index contributed by atoms with van der Waals surface area (Å²) in [6.07, 6.45) is 2.39. The van der Waals surface area contributed by atoms with Crippen LogP contribution in [0.2, 0.25) is 0 Å². The van der Waals surface area contributed by atoms with Gasteiger partial charge in [-0.2, -0.15) is 0 Å². The molecule has 0 bridgehead atoms. The van der Waals surface area contributed by atoms with E-state index >= 15 is 0 Å². The van der Waals surface area contributed by atoms with Crippen molar-refractivity contribution >= 4 is 15.9 Å². The molecule has 0 aliphatic heterocycles. The van der Waals surface area contributed by atoms with Crippen LogP contribution in [0.25, 0.3) is 0 Å². The normalized spacial score (nSPS) is 12.5. The maximum Gasteiger partial charge on any atom is 0.222 e. The first-order chi connectivity index (χ1) is 8.03. The van der Waals surface area contributed by atoms with Gasteiger partial charge in [-0.15, -0.1) is 0 Å². The van der Waals surface area contributed by atoms with E-state index < -0.39 is 15.6 Å². The van der Waals surface area contributed by atoms with Crippen molar-refractivity contribution in [1.29, 1.82) is 0 Å². The second-order valence-corrected chi connectivity index (χ2v) is 7.08. The average molecular weight is 279 g/mol. The average Bonchev–Trinajstić information content (AvgIpc) is 2.12. The predicted octanol–water partition coefficient (Wildman–Crippen LogP) is -0.228. The number of hydrogen-bond donors (Lipinski definition) is 2. The number of nitrogens with one attached hydrogen (secondary N) is 2. The van der Waals surface area contributed by atoms with Crippen molar-refractivity contribution in [2.45, 2.75) is 32.2 Å². The molecule has 0 rings (SSSR count). The van der Waals surface area contributed by atoms with Gasteiger partial charge in [0.05, 0.1) is 6.26 Å². The molecule has 0 saturated carbocycles. The third kappa shape index (κ3) is 9.38. The number of hydrogen-bond acceptors (Lipinski definition) is 4.